The molecular formula is C18H20N4O2S. The van der Waals surface area contributed by atoms with E-state index in [1.807, 2.05) is 28.9 Å². The van der Waals surface area contributed by atoms with Crippen LogP contribution in [0.4, 0.5) is 0 Å². The number of furan rings is 1. The van der Waals surface area contributed by atoms with Crippen LogP contribution in [0.2, 0.25) is 0 Å². The molecule has 1 fully saturated rings. The fourth-order valence-corrected chi connectivity index (χ4v) is 3.43. The van der Waals surface area contributed by atoms with Crippen LogP contribution < -0.4 is 0 Å². The third-order valence-corrected chi connectivity index (χ3v) is 4.84. The largest absolute Gasteiger partial charge is 0.457 e. The van der Waals surface area contributed by atoms with Crippen LogP contribution in [0.1, 0.15) is 30.3 Å². The highest BCUT2D eigenvalue weighted by Crippen LogP contribution is 2.29. The molecule has 130 valence electrons. The van der Waals surface area contributed by atoms with Gasteiger partial charge in [-0.2, -0.15) is 16.9 Å². The van der Waals surface area contributed by atoms with E-state index >= 15 is 0 Å². The van der Waals surface area contributed by atoms with Crippen LogP contribution in [0.5, 0.6) is 0 Å². The van der Waals surface area contributed by atoms with Crippen molar-refractivity contribution in [2.75, 3.05) is 19.5 Å². The number of pyridine rings is 1. The minimum absolute atomic E-state index is 0.325. The molecule has 3 aromatic heterocycles. The van der Waals surface area contributed by atoms with Crippen molar-refractivity contribution >= 4 is 11.8 Å². The van der Waals surface area contributed by atoms with Crippen LogP contribution in [-0.4, -0.2) is 39.2 Å². The number of nitrogens with zero attached hydrogens (tertiary/aromatic N) is 4. The Bertz CT molecular complexity index is 825. The van der Waals surface area contributed by atoms with Crippen molar-refractivity contribution in [2.45, 2.75) is 24.5 Å². The first-order valence-electron chi connectivity index (χ1n) is 8.38. The summed E-state index contributed by atoms with van der Waals surface area (Å²) in [5.41, 5.74) is 0.881. The van der Waals surface area contributed by atoms with Crippen LogP contribution in [0.25, 0.3) is 17.3 Å². The zero-order chi connectivity index (χ0) is 17.1. The quantitative estimate of drug-likeness (QED) is 0.695. The van der Waals surface area contributed by atoms with Gasteiger partial charge < -0.3 is 9.15 Å². The van der Waals surface area contributed by atoms with E-state index in [0.717, 1.165) is 60.7 Å². The van der Waals surface area contributed by atoms with Gasteiger partial charge in [0.05, 0.1) is 17.6 Å². The summed E-state index contributed by atoms with van der Waals surface area (Å²) < 4.78 is 13.3. The molecule has 0 unspecified atom stereocenters. The molecular weight excluding hydrogens is 336 g/mol. The maximum atomic E-state index is 5.98. The molecule has 7 heteroatoms. The van der Waals surface area contributed by atoms with Crippen molar-refractivity contribution in [3.05, 3.63) is 48.2 Å². The molecule has 0 aromatic carbocycles. The predicted octanol–water partition coefficient (Wildman–Crippen LogP) is 3.68. The molecule has 4 heterocycles. The topological polar surface area (TPSA) is 66.0 Å². The van der Waals surface area contributed by atoms with E-state index in [4.69, 9.17) is 19.2 Å². The first-order valence-corrected chi connectivity index (χ1v) is 9.77. The first-order chi connectivity index (χ1) is 12.3. The molecule has 0 radical (unpaired) electrons. The van der Waals surface area contributed by atoms with E-state index < -0.39 is 0 Å². The highest BCUT2D eigenvalue weighted by Gasteiger charge is 2.24. The van der Waals surface area contributed by atoms with Crippen molar-refractivity contribution in [3.63, 3.8) is 0 Å². The Morgan fingerprint density at radius 1 is 1.24 bits per heavy atom. The van der Waals surface area contributed by atoms with Crippen LogP contribution in [-0.2, 0) is 10.5 Å². The molecule has 25 heavy (non-hydrogen) atoms. The number of thioether (sulfide) groups is 1. The lowest BCUT2D eigenvalue weighted by Crippen LogP contribution is -2.15. The van der Waals surface area contributed by atoms with E-state index in [-0.39, 0.29) is 0 Å². The lowest BCUT2D eigenvalue weighted by Gasteiger charge is -2.18. The van der Waals surface area contributed by atoms with E-state index in [0.29, 0.717) is 5.92 Å². The predicted molar refractivity (Wildman–Crippen MR) is 96.9 cm³/mol. The van der Waals surface area contributed by atoms with Gasteiger partial charge in [0.1, 0.15) is 5.76 Å². The molecule has 0 bridgehead atoms. The standard InChI is InChI=1S/C18H20N4O2S/c1-25-12-15-4-5-16(24-15)18-20-17(13-6-9-23-10-7-13)21-22(18)14-3-2-8-19-11-14/h2-5,8,11,13H,6-7,9-10,12H2,1H3. The van der Waals surface area contributed by atoms with E-state index in [1.54, 1.807) is 24.2 Å². The minimum Gasteiger partial charge on any atom is -0.457 e. The number of hydrogen-bond acceptors (Lipinski definition) is 6. The summed E-state index contributed by atoms with van der Waals surface area (Å²) in [6.07, 6.45) is 7.50. The molecule has 6 nitrogen and oxygen atoms in total. The Labute approximate surface area is 150 Å². The molecule has 0 N–H and O–H groups in total. The van der Waals surface area contributed by atoms with Gasteiger partial charge in [-0.1, -0.05) is 0 Å². The summed E-state index contributed by atoms with van der Waals surface area (Å²) in [5.74, 6) is 4.42. The Morgan fingerprint density at radius 3 is 2.88 bits per heavy atom. The molecule has 0 atom stereocenters. The summed E-state index contributed by atoms with van der Waals surface area (Å²) >= 11 is 1.73. The lowest BCUT2D eigenvalue weighted by atomic mass is 10.00. The zero-order valence-electron chi connectivity index (χ0n) is 14.1. The second-order valence-corrected chi connectivity index (χ2v) is 6.87. The Balaban J connectivity index is 1.75. The van der Waals surface area contributed by atoms with Gasteiger partial charge in [0, 0.05) is 25.3 Å². The highest BCUT2D eigenvalue weighted by molar-refractivity contribution is 7.97. The summed E-state index contributed by atoms with van der Waals surface area (Å²) in [7, 11) is 0. The normalized spacial score (nSPS) is 15.6. The minimum atomic E-state index is 0.325. The molecule has 0 amide bonds. The number of ether oxygens (including phenoxy) is 1. The van der Waals surface area contributed by atoms with Crippen LogP contribution in [0, 0.1) is 0 Å². The highest BCUT2D eigenvalue weighted by atomic mass is 32.2. The van der Waals surface area contributed by atoms with Crippen LogP contribution in [0.15, 0.2) is 41.1 Å². The fraction of sp³-hybridized carbons (Fsp3) is 0.389. The van der Waals surface area contributed by atoms with Gasteiger partial charge >= 0.3 is 0 Å². The average Bonchev–Trinajstić information content (AvgIpc) is 3.30. The van der Waals surface area contributed by atoms with E-state index in [2.05, 4.69) is 11.2 Å². The average molecular weight is 356 g/mol. The molecule has 4 rings (SSSR count). The second kappa shape index (κ2) is 7.41. The van der Waals surface area contributed by atoms with Gasteiger partial charge in [0.25, 0.3) is 0 Å². The van der Waals surface area contributed by atoms with Gasteiger partial charge in [-0.15, -0.1) is 0 Å². The van der Waals surface area contributed by atoms with Crippen molar-refractivity contribution in [3.8, 4) is 17.3 Å². The Hall–Kier alpha value is -2.12. The monoisotopic (exact) mass is 356 g/mol. The molecule has 1 saturated heterocycles. The number of aromatic nitrogens is 4. The molecule has 1 aliphatic heterocycles. The third-order valence-electron chi connectivity index (χ3n) is 4.27. The Kier molecular flexibility index (Phi) is 4.85. The van der Waals surface area contributed by atoms with Crippen LogP contribution in [0.3, 0.4) is 0 Å². The van der Waals surface area contributed by atoms with Crippen molar-refractivity contribution in [2.24, 2.45) is 0 Å². The summed E-state index contributed by atoms with van der Waals surface area (Å²) in [6, 6.07) is 7.85. The zero-order valence-corrected chi connectivity index (χ0v) is 14.9. The van der Waals surface area contributed by atoms with Gasteiger partial charge in [-0.3, -0.25) is 4.98 Å². The van der Waals surface area contributed by atoms with Gasteiger partial charge in [0.2, 0.25) is 0 Å². The van der Waals surface area contributed by atoms with Gasteiger partial charge in [0.15, 0.2) is 17.4 Å². The summed E-state index contributed by atoms with van der Waals surface area (Å²) in [4.78, 5) is 9.03. The van der Waals surface area contributed by atoms with Crippen molar-refractivity contribution in [1.82, 2.24) is 19.7 Å². The SMILES string of the molecule is CSCc1ccc(-c2nc(C3CCOCC3)nn2-c2cccnc2)o1. The molecule has 0 saturated carbocycles. The lowest BCUT2D eigenvalue weighted by molar-refractivity contribution is 0.0836. The van der Waals surface area contributed by atoms with E-state index in [1.165, 1.54) is 0 Å². The van der Waals surface area contributed by atoms with Crippen molar-refractivity contribution < 1.29 is 9.15 Å². The summed E-state index contributed by atoms with van der Waals surface area (Å²) in [5, 5.41) is 4.78. The number of rotatable bonds is 5. The van der Waals surface area contributed by atoms with Gasteiger partial charge in [-0.25, -0.2) is 9.67 Å². The molecule has 0 aliphatic carbocycles. The maximum Gasteiger partial charge on any atom is 0.199 e. The van der Waals surface area contributed by atoms with Crippen LogP contribution >= 0.6 is 11.8 Å². The first kappa shape index (κ1) is 16.4. The number of hydrogen-bond donors (Lipinski definition) is 0. The van der Waals surface area contributed by atoms with E-state index in [9.17, 15) is 0 Å². The van der Waals surface area contributed by atoms with Gasteiger partial charge in [-0.05, 0) is 43.4 Å². The molecule has 3 aromatic rings. The third kappa shape index (κ3) is 3.48. The second-order valence-electron chi connectivity index (χ2n) is 6.00. The Morgan fingerprint density at radius 2 is 2.12 bits per heavy atom. The maximum absolute atomic E-state index is 5.98. The molecule has 0 spiro atoms. The fourth-order valence-electron chi connectivity index (χ4n) is 2.99. The van der Waals surface area contributed by atoms with Crippen molar-refractivity contribution in [1.29, 1.82) is 0 Å². The smallest absolute Gasteiger partial charge is 0.199 e. The summed E-state index contributed by atoms with van der Waals surface area (Å²) in [6.45, 7) is 1.53. The molecule has 1 aliphatic rings.